The standard InChI is InChI=1S/C48H30N2OS/c1-3-11-31(12-4-1)32-19-21-34(22-20-32)49(36-24-28-46-41(30-36)37-15-8-10-18-45(37)52-46)35-23-27-44-40(29-35)38-25-26-43-47(48(38)51-44)39-16-7-9-17-42(39)50(43)33-13-5-2-6-14-33/h1-30H. The number of nitrogens with zero attached hydrogens (tertiary/aromatic N) is 2. The Morgan fingerprint density at radius 3 is 1.88 bits per heavy atom. The highest BCUT2D eigenvalue weighted by atomic mass is 32.1. The molecule has 52 heavy (non-hydrogen) atoms. The zero-order valence-electron chi connectivity index (χ0n) is 28.0. The minimum Gasteiger partial charge on any atom is -0.455 e. The van der Waals surface area contributed by atoms with Crippen LogP contribution in [0.25, 0.3) is 80.7 Å². The first-order valence-electron chi connectivity index (χ1n) is 17.6. The third kappa shape index (κ3) is 4.45. The number of benzene rings is 8. The number of fused-ring (bicyclic) bond motifs is 10. The van der Waals surface area contributed by atoms with Crippen molar-refractivity contribution in [3.8, 4) is 16.8 Å². The number of para-hydroxylation sites is 2. The van der Waals surface area contributed by atoms with Crippen LogP contribution in [-0.2, 0) is 0 Å². The molecule has 3 nitrogen and oxygen atoms in total. The van der Waals surface area contributed by atoms with E-state index in [1.54, 1.807) is 0 Å². The molecule has 0 N–H and O–H groups in total. The first kappa shape index (κ1) is 29.1. The number of hydrogen-bond donors (Lipinski definition) is 0. The van der Waals surface area contributed by atoms with Gasteiger partial charge in [0, 0.05) is 59.1 Å². The lowest BCUT2D eigenvalue weighted by Gasteiger charge is -2.26. The Hall–Kier alpha value is -6.62. The monoisotopic (exact) mass is 682 g/mol. The molecule has 0 aliphatic carbocycles. The maximum atomic E-state index is 6.80. The van der Waals surface area contributed by atoms with Gasteiger partial charge in [-0.15, -0.1) is 11.3 Å². The fraction of sp³-hybridized carbons (Fsp3) is 0. The molecule has 0 saturated heterocycles. The third-order valence-corrected chi connectivity index (χ3v) is 11.5. The van der Waals surface area contributed by atoms with E-state index in [2.05, 4.69) is 191 Å². The fourth-order valence-electron chi connectivity index (χ4n) is 8.00. The Morgan fingerprint density at radius 2 is 1.06 bits per heavy atom. The SMILES string of the molecule is c1ccc(-c2ccc(N(c3ccc4oc5c(ccc6c5c5ccccc5n6-c5ccccc5)c4c3)c3ccc4sc5ccccc5c4c3)cc2)cc1. The predicted molar refractivity (Wildman–Crippen MR) is 221 cm³/mol. The fourth-order valence-corrected chi connectivity index (χ4v) is 9.09. The zero-order chi connectivity index (χ0) is 34.2. The van der Waals surface area contributed by atoms with E-state index < -0.39 is 0 Å². The van der Waals surface area contributed by atoms with E-state index in [9.17, 15) is 0 Å². The number of rotatable bonds is 5. The van der Waals surface area contributed by atoms with E-state index in [4.69, 9.17) is 4.42 Å². The van der Waals surface area contributed by atoms with Gasteiger partial charge in [-0.2, -0.15) is 0 Å². The molecule has 3 aromatic heterocycles. The van der Waals surface area contributed by atoms with Crippen molar-refractivity contribution in [3.63, 3.8) is 0 Å². The summed E-state index contributed by atoms with van der Waals surface area (Å²) in [6.07, 6.45) is 0. The summed E-state index contributed by atoms with van der Waals surface area (Å²) in [6, 6.07) is 65.4. The molecule has 0 unspecified atom stereocenters. The Balaban J connectivity index is 1.13. The second kappa shape index (κ2) is 11.5. The van der Waals surface area contributed by atoms with Crippen LogP contribution < -0.4 is 4.90 Å². The van der Waals surface area contributed by atoms with Gasteiger partial charge in [-0.1, -0.05) is 97.1 Å². The van der Waals surface area contributed by atoms with Crippen molar-refractivity contribution in [3.05, 3.63) is 182 Å². The second-order valence-electron chi connectivity index (χ2n) is 13.3. The molecule has 244 valence electrons. The van der Waals surface area contributed by atoms with E-state index >= 15 is 0 Å². The number of thiophene rings is 1. The summed E-state index contributed by atoms with van der Waals surface area (Å²) in [5.74, 6) is 0. The van der Waals surface area contributed by atoms with Gasteiger partial charge in [0.05, 0.1) is 16.4 Å². The smallest absolute Gasteiger partial charge is 0.145 e. The lowest BCUT2D eigenvalue weighted by molar-refractivity contribution is 0.673. The van der Waals surface area contributed by atoms with E-state index in [0.717, 1.165) is 55.6 Å². The molecule has 0 aliphatic rings. The van der Waals surface area contributed by atoms with Crippen LogP contribution in [0.2, 0.25) is 0 Å². The van der Waals surface area contributed by atoms with Gasteiger partial charge in [0.15, 0.2) is 0 Å². The lowest BCUT2D eigenvalue weighted by Crippen LogP contribution is -2.09. The molecule has 0 amide bonds. The van der Waals surface area contributed by atoms with E-state index in [-0.39, 0.29) is 0 Å². The summed E-state index contributed by atoms with van der Waals surface area (Å²) >= 11 is 1.85. The molecular weight excluding hydrogens is 653 g/mol. The van der Waals surface area contributed by atoms with Crippen LogP contribution in [0.1, 0.15) is 0 Å². The quantitative estimate of drug-likeness (QED) is 0.180. The normalized spacial score (nSPS) is 11.8. The van der Waals surface area contributed by atoms with Crippen molar-refractivity contribution in [2.75, 3.05) is 4.90 Å². The van der Waals surface area contributed by atoms with Crippen LogP contribution >= 0.6 is 11.3 Å². The highest BCUT2D eigenvalue weighted by molar-refractivity contribution is 7.25. The van der Waals surface area contributed by atoms with Crippen molar-refractivity contribution in [2.45, 2.75) is 0 Å². The average molecular weight is 683 g/mol. The highest BCUT2D eigenvalue weighted by Gasteiger charge is 2.21. The van der Waals surface area contributed by atoms with Gasteiger partial charge in [0.25, 0.3) is 0 Å². The van der Waals surface area contributed by atoms with E-state index in [1.165, 1.54) is 42.2 Å². The van der Waals surface area contributed by atoms with Gasteiger partial charge in [-0.05, 0) is 96.1 Å². The van der Waals surface area contributed by atoms with Crippen molar-refractivity contribution in [1.29, 1.82) is 0 Å². The Morgan fingerprint density at radius 1 is 0.423 bits per heavy atom. The van der Waals surface area contributed by atoms with Crippen LogP contribution in [0.15, 0.2) is 186 Å². The van der Waals surface area contributed by atoms with E-state index in [0.29, 0.717) is 0 Å². The molecule has 4 heteroatoms. The number of furan rings is 1. The van der Waals surface area contributed by atoms with Gasteiger partial charge in [0.1, 0.15) is 11.2 Å². The predicted octanol–water partition coefficient (Wildman–Crippen LogP) is 14.2. The number of aromatic nitrogens is 1. The van der Waals surface area contributed by atoms with Crippen LogP contribution in [0.4, 0.5) is 17.1 Å². The molecular formula is C48H30N2OS. The Kier molecular flexibility index (Phi) is 6.42. The minimum absolute atomic E-state index is 0.876. The first-order valence-corrected chi connectivity index (χ1v) is 18.4. The summed E-state index contributed by atoms with van der Waals surface area (Å²) in [6.45, 7) is 0. The number of anilines is 3. The molecule has 3 heterocycles. The molecule has 0 radical (unpaired) electrons. The minimum atomic E-state index is 0.876. The maximum absolute atomic E-state index is 6.80. The summed E-state index contributed by atoms with van der Waals surface area (Å²) in [4.78, 5) is 2.37. The van der Waals surface area contributed by atoms with Crippen molar-refractivity contribution >= 4 is 92.3 Å². The summed E-state index contributed by atoms with van der Waals surface area (Å²) in [5.41, 5.74) is 10.9. The molecule has 0 fully saturated rings. The molecule has 0 aliphatic heterocycles. The molecule has 8 aromatic carbocycles. The molecule has 0 spiro atoms. The Labute approximate surface area is 303 Å². The number of hydrogen-bond acceptors (Lipinski definition) is 3. The summed E-state index contributed by atoms with van der Waals surface area (Å²) in [7, 11) is 0. The van der Waals surface area contributed by atoms with Gasteiger partial charge in [-0.3, -0.25) is 0 Å². The van der Waals surface area contributed by atoms with Crippen molar-refractivity contribution in [1.82, 2.24) is 4.57 Å². The molecule has 0 saturated carbocycles. The molecule has 0 atom stereocenters. The molecule has 0 bridgehead atoms. The van der Waals surface area contributed by atoms with Gasteiger partial charge in [-0.25, -0.2) is 0 Å². The van der Waals surface area contributed by atoms with Gasteiger partial charge in [0.2, 0.25) is 0 Å². The Bertz CT molecular complexity index is 3120. The van der Waals surface area contributed by atoms with Crippen molar-refractivity contribution in [2.24, 2.45) is 0 Å². The second-order valence-corrected chi connectivity index (χ2v) is 14.4. The molecule has 11 rings (SSSR count). The lowest BCUT2D eigenvalue weighted by atomic mass is 10.0. The highest BCUT2D eigenvalue weighted by Crippen LogP contribution is 2.45. The topological polar surface area (TPSA) is 21.3 Å². The molecule has 11 aromatic rings. The van der Waals surface area contributed by atoms with Crippen LogP contribution in [0, 0.1) is 0 Å². The van der Waals surface area contributed by atoms with E-state index in [1.807, 2.05) is 11.3 Å². The summed E-state index contributed by atoms with van der Waals surface area (Å²) in [5, 5.41) is 7.09. The first-order chi connectivity index (χ1) is 25.8. The summed E-state index contributed by atoms with van der Waals surface area (Å²) < 4.78 is 11.7. The zero-order valence-corrected chi connectivity index (χ0v) is 28.8. The largest absolute Gasteiger partial charge is 0.455 e. The average Bonchev–Trinajstić information content (AvgIpc) is 3.88. The van der Waals surface area contributed by atoms with Crippen LogP contribution in [-0.4, -0.2) is 4.57 Å². The maximum Gasteiger partial charge on any atom is 0.145 e. The van der Waals surface area contributed by atoms with Gasteiger partial charge >= 0.3 is 0 Å². The van der Waals surface area contributed by atoms with Crippen LogP contribution in [0.5, 0.6) is 0 Å². The van der Waals surface area contributed by atoms with Gasteiger partial charge < -0.3 is 13.9 Å². The third-order valence-electron chi connectivity index (χ3n) is 10.4. The van der Waals surface area contributed by atoms with Crippen LogP contribution in [0.3, 0.4) is 0 Å². The van der Waals surface area contributed by atoms with Crippen molar-refractivity contribution < 1.29 is 4.42 Å².